The van der Waals surface area contributed by atoms with Crippen LogP contribution in [0.25, 0.3) is 0 Å². The fourth-order valence-corrected chi connectivity index (χ4v) is 4.02. The van der Waals surface area contributed by atoms with Crippen molar-refractivity contribution in [3.05, 3.63) is 131 Å². The van der Waals surface area contributed by atoms with Gasteiger partial charge in [0.25, 0.3) is 0 Å². The van der Waals surface area contributed by atoms with Crippen LogP contribution in [0.3, 0.4) is 0 Å². The average molecular weight is 1320 g/mol. The Labute approximate surface area is 504 Å². The van der Waals surface area contributed by atoms with Crippen molar-refractivity contribution in [2.75, 3.05) is 72.4 Å². The van der Waals surface area contributed by atoms with Gasteiger partial charge < -0.3 is 29.0 Å². The molecule has 0 radical (unpaired) electrons. The Morgan fingerprint density at radius 2 is 0.965 bits per heavy atom. The van der Waals surface area contributed by atoms with E-state index in [1.54, 1.807) is 32.9 Å². The van der Waals surface area contributed by atoms with Gasteiger partial charge in [-0.1, -0.05) is 50.6 Å². The third-order valence-electron chi connectivity index (χ3n) is 7.64. The molecule has 0 atom stereocenters. The van der Waals surface area contributed by atoms with Gasteiger partial charge in [-0.25, -0.2) is 23.1 Å². The largest absolute Gasteiger partial charge is 0.741 e. The number of aldehydes is 3. The molecule has 0 fully saturated rings. The predicted octanol–water partition coefficient (Wildman–Crippen LogP) is 8.76. The average Bonchev–Trinajstić information content (AvgIpc) is 3.55. The van der Waals surface area contributed by atoms with Crippen molar-refractivity contribution < 1.29 is 114 Å². The van der Waals surface area contributed by atoms with E-state index in [9.17, 15) is 77.4 Å². The lowest BCUT2D eigenvalue weighted by molar-refractivity contribution is -0.265. The van der Waals surface area contributed by atoms with E-state index in [1.165, 1.54) is 69.1 Å². The van der Waals surface area contributed by atoms with E-state index in [0.717, 1.165) is 39.4 Å². The van der Waals surface area contributed by atoms with E-state index >= 15 is 0 Å². The molecule has 86 heavy (non-hydrogen) atoms. The summed E-state index contributed by atoms with van der Waals surface area (Å²) < 4.78 is 145. The molecular weight excluding hydrogens is 1250 g/mol. The third kappa shape index (κ3) is 53.7. The third-order valence-corrected chi connectivity index (χ3v) is 9.22. The van der Waals surface area contributed by atoms with Gasteiger partial charge in [-0.05, 0) is 111 Å². The molecule has 4 aromatic rings. The highest BCUT2D eigenvalue weighted by Crippen LogP contribution is 2.23. The first kappa shape index (κ1) is 90.2. The fourth-order valence-electron chi connectivity index (χ4n) is 3.84. The molecule has 2 N–H and O–H groups in total. The van der Waals surface area contributed by atoms with Crippen LogP contribution in [0, 0.1) is 11.6 Å². The SMILES string of the molecule is C.CC(=O)CO/N=C/c1ccc([18F])cc1.CC(=O)CON.CC(=O)CON=C([O-])OC(C)(C)C.CN(C)c1ccc(C=O)cc1.COS(=O)(=O)C(F)(F)F.C[N+](C)(C)c1ccc(C=O)cc1.ClCCl.O=Cc1ccc([18F])cc1.O=S(=O)([O-])C(F)(F)F. The first-order valence-corrected chi connectivity index (χ1v) is 26.8. The van der Waals surface area contributed by atoms with E-state index in [-0.39, 0.29) is 61.6 Å². The first-order valence-electron chi connectivity index (χ1n) is 22.9. The second-order valence-corrected chi connectivity index (χ2v) is 21.3. The van der Waals surface area contributed by atoms with Gasteiger partial charge in [-0.3, -0.25) is 42.3 Å². The van der Waals surface area contributed by atoms with Gasteiger partial charge in [0.2, 0.25) is 0 Å². The minimum atomic E-state index is -6.09. The normalized spacial score (nSPS) is 10.8. The molecule has 0 amide bonds. The summed E-state index contributed by atoms with van der Waals surface area (Å²) in [5.41, 5.74) is -6.58. The molecule has 0 saturated heterocycles. The highest BCUT2D eigenvalue weighted by Gasteiger charge is 2.46. The minimum absolute atomic E-state index is 0. The lowest BCUT2D eigenvalue weighted by Crippen LogP contribution is -2.34. The molecule has 34 heteroatoms. The Bertz CT molecular complexity index is 2820. The fraction of sp³-hybridized carbons (Fsp3) is 0.385. The molecule has 0 aliphatic heterocycles. The number of nitrogens with two attached hydrogens (primary N) is 1. The van der Waals surface area contributed by atoms with Gasteiger partial charge in [0.1, 0.15) is 42.8 Å². The number of ether oxygens (including phenoxy) is 1. The maximum Gasteiger partial charge on any atom is 0.523 e. The number of quaternary nitrogens is 1. The molecule has 0 saturated carbocycles. The number of Topliss-reactive ketones (excluding diaryl/α,β-unsaturated/α-hetero) is 3. The van der Waals surface area contributed by atoms with E-state index in [1.807, 2.05) is 67.5 Å². The molecule has 22 nitrogen and oxygen atoms in total. The Hall–Kier alpha value is -7.04. The summed E-state index contributed by atoms with van der Waals surface area (Å²) in [7, 11) is -0.763. The Kier molecular flexibility index (Phi) is 49.4. The molecule has 0 unspecified atom stereocenters. The molecule has 0 aromatic heterocycles. The van der Waals surface area contributed by atoms with E-state index in [0.29, 0.717) is 19.0 Å². The molecule has 0 spiro atoms. The van der Waals surface area contributed by atoms with Gasteiger partial charge in [-0.2, -0.15) is 34.8 Å². The molecule has 4 rings (SSSR count). The quantitative estimate of drug-likeness (QED) is 0.0111. The Morgan fingerprint density at radius 1 is 0.640 bits per heavy atom. The monoisotopic (exact) mass is 1320 g/mol. The number of hydrogen-bond acceptors (Lipinski definition) is 21. The zero-order valence-corrected chi connectivity index (χ0v) is 50.9. The lowest BCUT2D eigenvalue weighted by atomic mass is 10.2. The van der Waals surface area contributed by atoms with Crippen LogP contribution in [0.1, 0.15) is 85.6 Å². The Morgan fingerprint density at radius 3 is 1.21 bits per heavy atom. The number of alkyl halides is 8. The zero-order chi connectivity index (χ0) is 67.4. The summed E-state index contributed by atoms with van der Waals surface area (Å²) in [5.74, 6) is 3.53. The number of rotatable bonds is 15. The van der Waals surface area contributed by atoms with Crippen molar-refractivity contribution in [3.63, 3.8) is 0 Å². The topological polar surface area (TPSA) is 317 Å². The van der Waals surface area contributed by atoms with Crippen LogP contribution in [0.2, 0.25) is 0 Å². The minimum Gasteiger partial charge on any atom is -0.741 e. The number of nitrogens with zero attached hydrogens (tertiary/aromatic N) is 4. The van der Waals surface area contributed by atoms with Crippen LogP contribution in [0.5, 0.6) is 0 Å². The second kappa shape index (κ2) is 47.2. The van der Waals surface area contributed by atoms with Crippen molar-refractivity contribution in [1.82, 2.24) is 4.48 Å². The highest BCUT2D eigenvalue weighted by molar-refractivity contribution is 7.87. The first-order chi connectivity index (χ1) is 38.8. The van der Waals surface area contributed by atoms with Gasteiger partial charge in [0, 0.05) is 42.1 Å². The molecule has 488 valence electrons. The molecular formula is C52H70Cl2F8N5O17S2-. The van der Waals surface area contributed by atoms with E-state index in [4.69, 9.17) is 40.9 Å². The van der Waals surface area contributed by atoms with Gasteiger partial charge in [0.15, 0.2) is 46.8 Å². The number of ketones is 3. The number of hydrogen-bond donors (Lipinski definition) is 1. The van der Waals surface area contributed by atoms with Crippen molar-refractivity contribution in [2.24, 2.45) is 16.2 Å². The van der Waals surface area contributed by atoms with Crippen LogP contribution in [-0.4, -0.2) is 154 Å². The maximum atomic E-state index is 12.5. The lowest BCUT2D eigenvalue weighted by Gasteiger charge is -2.28. The summed E-state index contributed by atoms with van der Waals surface area (Å²) in [6, 6.07) is 26.2. The van der Waals surface area contributed by atoms with E-state index < -0.39 is 42.9 Å². The number of anilines is 1. The zero-order valence-electron chi connectivity index (χ0n) is 47.8. The summed E-state index contributed by atoms with van der Waals surface area (Å²) in [6.07, 6.45) is 2.98. The second-order valence-electron chi connectivity index (χ2n) is 17.4. The standard InChI is InChI=1S/C10H10FNO2.C10H14NO.C9H11NO.C8H15NO4.C7H5FO.C3H7NO2.C2H3F3O3S.CH2Cl2.CHF3O3S.CH4/c1-8(13)7-14-12-6-9-2-4-10(11)5-3-9;1-11(2,3)10-6-4-9(8-12)5-7-10;1-10(2)9-5-3-8(7-11)4-6-9;1-6(10)5-12-9-7(11)13-8(2,3)4;8-7-3-1-6(5-9)2-4-7;1-3(5)2-6-4;1-8-9(6,7)2(3,4)5;2-1-3;2-1(3,4)8(5,6)7;/h2-6H,7H2,1H3;4-8H,1-3H3;3-7H,1-2H3;5H2,1-4H3,(H,9,11);1-5H;2,4H2,1H3;1H3;1H2;(H,5,6,7);1H4/q;+1;;;;;;;;/p-2/b12-6+;;;;;;;;;/i11-1;;;;8-1;;;;;. The predicted molar refractivity (Wildman–Crippen MR) is 307 cm³/mol. The highest BCUT2D eigenvalue weighted by atomic mass is 35.5. The molecule has 4 aromatic carbocycles. The smallest absolute Gasteiger partial charge is 0.523 e. The van der Waals surface area contributed by atoms with Crippen LogP contribution in [0.4, 0.5) is 46.5 Å². The summed E-state index contributed by atoms with van der Waals surface area (Å²) in [4.78, 5) is 76.3. The van der Waals surface area contributed by atoms with Gasteiger partial charge in [0.05, 0.1) is 39.8 Å². The van der Waals surface area contributed by atoms with Gasteiger partial charge in [-0.15, -0.1) is 23.2 Å². The molecule has 0 aliphatic carbocycles. The van der Waals surface area contributed by atoms with Crippen molar-refractivity contribution in [1.29, 1.82) is 0 Å². The van der Waals surface area contributed by atoms with Crippen LogP contribution in [-0.2, 0) is 58.1 Å². The van der Waals surface area contributed by atoms with Crippen LogP contribution in [0.15, 0.2) is 107 Å². The Balaban J connectivity index is -0.000000213. The van der Waals surface area contributed by atoms with Crippen LogP contribution < -0.4 is 20.4 Å². The van der Waals surface area contributed by atoms with Crippen molar-refractivity contribution >= 4 is 103 Å². The molecule has 0 aliphatic rings. The van der Waals surface area contributed by atoms with E-state index in [2.05, 4.69) is 56.0 Å². The number of carbonyl (C=O) groups is 6. The maximum absolute atomic E-state index is 12.5. The van der Waals surface area contributed by atoms with Crippen LogP contribution >= 0.6 is 23.2 Å². The molecule has 0 heterocycles. The van der Waals surface area contributed by atoms with Crippen molar-refractivity contribution in [3.8, 4) is 0 Å². The molecule has 0 bridgehead atoms. The summed E-state index contributed by atoms with van der Waals surface area (Å²) >= 11 is 9.53. The number of benzene rings is 4. The number of carbonyl (C=O) groups excluding carboxylic acids is 6. The summed E-state index contributed by atoms with van der Waals surface area (Å²) in [6.45, 7) is 9.06. The number of halogens is 10. The van der Waals surface area contributed by atoms with Crippen molar-refractivity contribution in [2.45, 2.75) is 65.6 Å². The number of oxime groups is 2. The van der Waals surface area contributed by atoms with Gasteiger partial charge >= 0.3 is 21.1 Å². The summed E-state index contributed by atoms with van der Waals surface area (Å²) in [5, 5.41) is 17.6.